The van der Waals surface area contributed by atoms with E-state index in [9.17, 15) is 4.79 Å². The van der Waals surface area contributed by atoms with Crippen LogP contribution in [0.25, 0.3) is 0 Å². The molecule has 0 atom stereocenters. The molecule has 0 aliphatic rings. The van der Waals surface area contributed by atoms with Gasteiger partial charge in [0.15, 0.2) is 0 Å². The summed E-state index contributed by atoms with van der Waals surface area (Å²) in [5.41, 5.74) is 1.83. The van der Waals surface area contributed by atoms with Crippen molar-refractivity contribution in [2.24, 2.45) is 0 Å². The van der Waals surface area contributed by atoms with Crippen molar-refractivity contribution in [2.75, 3.05) is 19.0 Å². The van der Waals surface area contributed by atoms with Crippen LogP contribution >= 0.6 is 0 Å². The molecule has 0 unspecified atom stereocenters. The van der Waals surface area contributed by atoms with Crippen molar-refractivity contribution in [3.63, 3.8) is 0 Å². The van der Waals surface area contributed by atoms with E-state index < -0.39 is 0 Å². The molecule has 1 amide bonds. The second kappa shape index (κ2) is 7.14. The summed E-state index contributed by atoms with van der Waals surface area (Å²) in [6.45, 7) is 6.89. The van der Waals surface area contributed by atoms with Crippen LogP contribution in [0.1, 0.15) is 32.8 Å². The topological polar surface area (TPSA) is 50.4 Å². The standard InChI is InChI=1S/C15H24N2O2/c1-5-15(2,3)17-14(18)10-16-13-9-7-6-8-12(13)11-19-4/h6-9,16H,5,10-11H2,1-4H3,(H,17,18). The number of benzene rings is 1. The van der Waals surface area contributed by atoms with Gasteiger partial charge in [-0.1, -0.05) is 25.1 Å². The van der Waals surface area contributed by atoms with E-state index in [-0.39, 0.29) is 18.0 Å². The molecule has 0 aliphatic heterocycles. The zero-order valence-electron chi connectivity index (χ0n) is 12.2. The number of hydrogen-bond donors (Lipinski definition) is 2. The Labute approximate surface area is 115 Å². The number of ether oxygens (including phenoxy) is 1. The lowest BCUT2D eigenvalue weighted by Gasteiger charge is -2.24. The van der Waals surface area contributed by atoms with Crippen LogP contribution in [0.4, 0.5) is 5.69 Å². The quantitative estimate of drug-likeness (QED) is 0.795. The Bertz CT molecular complexity index is 416. The lowest BCUT2D eigenvalue weighted by atomic mass is 10.0. The van der Waals surface area contributed by atoms with Gasteiger partial charge in [-0.15, -0.1) is 0 Å². The number of hydrogen-bond acceptors (Lipinski definition) is 3. The first-order chi connectivity index (χ1) is 8.98. The minimum atomic E-state index is -0.162. The number of methoxy groups -OCH3 is 1. The van der Waals surface area contributed by atoms with Crippen LogP contribution in [0.2, 0.25) is 0 Å². The van der Waals surface area contributed by atoms with Crippen molar-refractivity contribution >= 4 is 11.6 Å². The highest BCUT2D eigenvalue weighted by molar-refractivity contribution is 5.81. The Balaban J connectivity index is 2.55. The number of para-hydroxylation sites is 1. The first-order valence-corrected chi connectivity index (χ1v) is 6.60. The van der Waals surface area contributed by atoms with Gasteiger partial charge in [0.1, 0.15) is 0 Å². The van der Waals surface area contributed by atoms with Gasteiger partial charge in [0.05, 0.1) is 13.2 Å². The minimum Gasteiger partial charge on any atom is -0.380 e. The molecule has 1 aromatic rings. The van der Waals surface area contributed by atoms with Gasteiger partial charge in [-0.25, -0.2) is 0 Å². The van der Waals surface area contributed by atoms with Crippen molar-refractivity contribution in [1.29, 1.82) is 0 Å². The fourth-order valence-electron chi connectivity index (χ4n) is 1.66. The molecule has 0 aliphatic carbocycles. The van der Waals surface area contributed by atoms with E-state index in [2.05, 4.69) is 17.6 Å². The summed E-state index contributed by atoms with van der Waals surface area (Å²) in [7, 11) is 1.66. The zero-order valence-corrected chi connectivity index (χ0v) is 12.2. The van der Waals surface area contributed by atoms with Gasteiger partial charge in [-0.3, -0.25) is 4.79 Å². The monoisotopic (exact) mass is 264 g/mol. The number of carbonyl (C=O) groups is 1. The van der Waals surface area contributed by atoms with Gasteiger partial charge >= 0.3 is 0 Å². The fourth-order valence-corrected chi connectivity index (χ4v) is 1.66. The van der Waals surface area contributed by atoms with E-state index in [4.69, 9.17) is 4.74 Å². The van der Waals surface area contributed by atoms with Crippen molar-refractivity contribution in [1.82, 2.24) is 5.32 Å². The summed E-state index contributed by atoms with van der Waals surface area (Å²) < 4.78 is 5.13. The first kappa shape index (κ1) is 15.5. The Kier molecular flexibility index (Phi) is 5.83. The predicted octanol–water partition coefficient (Wildman–Crippen LogP) is 2.55. The van der Waals surface area contributed by atoms with Gasteiger partial charge in [-0.05, 0) is 26.3 Å². The molecular formula is C15H24N2O2. The largest absolute Gasteiger partial charge is 0.380 e. The smallest absolute Gasteiger partial charge is 0.239 e. The summed E-state index contributed by atoms with van der Waals surface area (Å²) >= 11 is 0. The maximum Gasteiger partial charge on any atom is 0.239 e. The number of anilines is 1. The van der Waals surface area contributed by atoms with E-state index in [0.717, 1.165) is 17.7 Å². The molecule has 0 saturated heterocycles. The molecule has 2 N–H and O–H groups in total. The highest BCUT2D eigenvalue weighted by Gasteiger charge is 2.17. The molecule has 4 nitrogen and oxygen atoms in total. The highest BCUT2D eigenvalue weighted by atomic mass is 16.5. The molecule has 0 fully saturated rings. The Morgan fingerprint density at radius 3 is 2.63 bits per heavy atom. The summed E-state index contributed by atoms with van der Waals surface area (Å²) in [4.78, 5) is 11.9. The number of carbonyl (C=O) groups excluding carboxylic acids is 1. The second-order valence-corrected chi connectivity index (χ2v) is 5.23. The lowest BCUT2D eigenvalue weighted by Crippen LogP contribution is -2.45. The number of nitrogens with one attached hydrogen (secondary N) is 2. The lowest BCUT2D eigenvalue weighted by molar-refractivity contribution is -0.121. The summed E-state index contributed by atoms with van der Waals surface area (Å²) in [6, 6.07) is 7.83. The Hall–Kier alpha value is -1.55. The molecule has 0 heterocycles. The van der Waals surface area contributed by atoms with Gasteiger partial charge in [-0.2, -0.15) is 0 Å². The summed E-state index contributed by atoms with van der Waals surface area (Å²) in [5.74, 6) is -0.000861. The summed E-state index contributed by atoms with van der Waals surface area (Å²) in [5, 5.41) is 6.15. The molecule has 106 valence electrons. The third-order valence-electron chi connectivity index (χ3n) is 3.12. The number of rotatable bonds is 7. The molecule has 4 heteroatoms. The van der Waals surface area contributed by atoms with Gasteiger partial charge in [0.2, 0.25) is 5.91 Å². The highest BCUT2D eigenvalue weighted by Crippen LogP contribution is 2.15. The molecule has 0 spiro atoms. The zero-order chi connectivity index (χ0) is 14.3. The van der Waals surface area contributed by atoms with E-state index in [1.54, 1.807) is 7.11 Å². The van der Waals surface area contributed by atoms with Crippen molar-refractivity contribution in [3.8, 4) is 0 Å². The SMILES string of the molecule is CCC(C)(C)NC(=O)CNc1ccccc1COC. The van der Waals surface area contributed by atoms with Crippen molar-refractivity contribution < 1.29 is 9.53 Å². The fraction of sp³-hybridized carbons (Fsp3) is 0.533. The predicted molar refractivity (Wildman–Crippen MR) is 78.2 cm³/mol. The van der Waals surface area contributed by atoms with Crippen LogP contribution < -0.4 is 10.6 Å². The average Bonchev–Trinajstić information content (AvgIpc) is 2.38. The van der Waals surface area contributed by atoms with Crippen LogP contribution in [0, 0.1) is 0 Å². The maximum atomic E-state index is 11.9. The van der Waals surface area contributed by atoms with E-state index >= 15 is 0 Å². The molecular weight excluding hydrogens is 240 g/mol. The molecule has 1 aromatic carbocycles. The van der Waals surface area contributed by atoms with E-state index in [1.807, 2.05) is 38.1 Å². The molecule has 1 rings (SSSR count). The van der Waals surface area contributed by atoms with Crippen molar-refractivity contribution in [2.45, 2.75) is 39.3 Å². The second-order valence-electron chi connectivity index (χ2n) is 5.23. The van der Waals surface area contributed by atoms with E-state index in [0.29, 0.717) is 6.61 Å². The number of amides is 1. The van der Waals surface area contributed by atoms with Crippen molar-refractivity contribution in [3.05, 3.63) is 29.8 Å². The van der Waals surface area contributed by atoms with Crippen LogP contribution in [-0.4, -0.2) is 25.1 Å². The maximum absolute atomic E-state index is 11.9. The molecule has 0 aromatic heterocycles. The minimum absolute atomic E-state index is 0.000861. The Morgan fingerprint density at radius 2 is 2.00 bits per heavy atom. The summed E-state index contributed by atoms with van der Waals surface area (Å²) in [6.07, 6.45) is 0.902. The third-order valence-corrected chi connectivity index (χ3v) is 3.12. The average molecular weight is 264 g/mol. The molecule has 19 heavy (non-hydrogen) atoms. The molecule has 0 radical (unpaired) electrons. The van der Waals surface area contributed by atoms with Crippen LogP contribution in [0.5, 0.6) is 0 Å². The third kappa shape index (κ3) is 5.30. The van der Waals surface area contributed by atoms with Gasteiger partial charge < -0.3 is 15.4 Å². The molecule has 0 bridgehead atoms. The first-order valence-electron chi connectivity index (χ1n) is 6.60. The van der Waals surface area contributed by atoms with E-state index in [1.165, 1.54) is 0 Å². The molecule has 0 saturated carbocycles. The Morgan fingerprint density at radius 1 is 1.32 bits per heavy atom. The van der Waals surface area contributed by atoms with Gasteiger partial charge in [0.25, 0.3) is 0 Å². The van der Waals surface area contributed by atoms with Crippen LogP contribution in [-0.2, 0) is 16.1 Å². The van der Waals surface area contributed by atoms with Crippen LogP contribution in [0.15, 0.2) is 24.3 Å². The van der Waals surface area contributed by atoms with Gasteiger partial charge in [0, 0.05) is 23.9 Å². The van der Waals surface area contributed by atoms with Crippen LogP contribution in [0.3, 0.4) is 0 Å². The normalized spacial score (nSPS) is 11.2.